The summed E-state index contributed by atoms with van der Waals surface area (Å²) in [5, 5.41) is 2.25. The van der Waals surface area contributed by atoms with Crippen LogP contribution in [0.1, 0.15) is 226 Å². The Balaban J connectivity index is 0.000000198. The molecule has 0 aliphatic rings. The largest absolute Gasteiger partial charge is 0.416 e. The highest BCUT2D eigenvalue weighted by Gasteiger charge is 2.35. The van der Waals surface area contributed by atoms with E-state index in [1.807, 2.05) is 88.4 Å². The number of alkyl halides is 12. The zero-order chi connectivity index (χ0) is 97.3. The van der Waals surface area contributed by atoms with Crippen LogP contribution in [-0.4, -0.2) is 33.9 Å². The van der Waals surface area contributed by atoms with Crippen molar-refractivity contribution in [1.82, 2.24) is 4.98 Å². The predicted molar refractivity (Wildman–Crippen MR) is 499 cm³/mol. The lowest BCUT2D eigenvalue weighted by atomic mass is 9.84. The van der Waals surface area contributed by atoms with Crippen molar-refractivity contribution in [3.8, 4) is 44.5 Å². The first-order valence-electron chi connectivity index (χ1n) is 42.5. The van der Waals surface area contributed by atoms with E-state index in [9.17, 15) is 85.4 Å². The van der Waals surface area contributed by atoms with Gasteiger partial charge >= 0.3 is 24.7 Å². The van der Waals surface area contributed by atoms with Gasteiger partial charge in [-0.1, -0.05) is 229 Å². The first kappa shape index (κ1) is 105. The molecule has 6 nitrogen and oxygen atoms in total. The van der Waals surface area contributed by atoms with Crippen LogP contribution in [-0.2, 0) is 63.1 Å². The summed E-state index contributed by atoms with van der Waals surface area (Å²) in [6.45, 7) is 22.4. The first-order chi connectivity index (χ1) is 61.7. The molecule has 694 valence electrons. The molecular weight excluding hydrogens is 1820 g/mol. The standard InChI is InChI=1S/C27H23Cl2F3O2.C27H25Cl2F3O.C27H25F5O.C26H25ClF3NO/c1-15(2)8-25(16(3)33)19-9-18(17-4-6-22(7-5-17)27(30,31)32)10-20(11-19)26(34)21-12-23(28)14-24(29)13-21;1-16(2)8-26(17(3)33)22-11-18(9-19-12-24(28)15-25(29)13-19)10-21(14-22)20-4-6-23(7-5-20)27(30,31)32;1-16(2)10-25(17(3)33)22-13-18(11-20-6-9-24(28)15-26(20)29)12-21(14-22)19-4-7-23(8-5-19)27(30,31)32;1-16(2)10-24(17(3)32)21-12-18(13-22-15-31-9-8-25(22)27)11-20(14-21)19-4-6-23(7-5-19)26(28,29)30/h4-7,9-15,25H,8H2,1-3H3;4-7,10-16,26H,8-9H2,1-3H3;4-9,12-16,25H,10-11H2,1-3H3;4-9,11-12,14-16,24H,10,13H2,1-3H3. The molecule has 4 atom stereocenters. The van der Waals surface area contributed by atoms with Gasteiger partial charge in [0.1, 0.15) is 34.8 Å². The number of carbonyl (C=O) groups excluding carboxylic acids is 5. The molecule has 0 saturated heterocycles. The van der Waals surface area contributed by atoms with Gasteiger partial charge in [0.2, 0.25) is 0 Å². The van der Waals surface area contributed by atoms with E-state index in [1.165, 1.54) is 92.7 Å². The first-order valence-corrected chi connectivity index (χ1v) is 44.4. The Morgan fingerprint density at radius 3 is 0.871 bits per heavy atom. The van der Waals surface area contributed by atoms with Crippen molar-refractivity contribution in [2.45, 2.75) is 176 Å². The highest BCUT2D eigenvalue weighted by Crippen LogP contribution is 2.42. The minimum absolute atomic E-state index is 0.0211. The molecule has 4 unspecified atom stereocenters. The maximum Gasteiger partial charge on any atom is 0.416 e. The van der Waals surface area contributed by atoms with Crippen LogP contribution in [0.2, 0.25) is 25.1 Å². The maximum atomic E-state index is 14.3. The van der Waals surface area contributed by atoms with Crippen LogP contribution in [0.4, 0.5) is 61.5 Å². The van der Waals surface area contributed by atoms with Crippen LogP contribution in [0.25, 0.3) is 44.5 Å². The number of carbonyl (C=O) groups is 5. The predicted octanol–water partition coefficient (Wildman–Crippen LogP) is 33.3. The third-order valence-corrected chi connectivity index (χ3v) is 23.2. The number of Topliss-reactive ketones (excluding diaryl/α,β-unsaturated/α-hetero) is 4. The molecule has 1 aromatic heterocycles. The minimum Gasteiger partial charge on any atom is -0.299 e. The normalized spacial score (nSPS) is 12.7. The highest BCUT2D eigenvalue weighted by atomic mass is 35.5. The monoisotopic (exact) mass is 1920 g/mol. The molecule has 0 spiro atoms. The number of nitrogens with zero attached hydrogens (tertiary/aromatic N) is 1. The Morgan fingerprint density at radius 2 is 0.576 bits per heavy atom. The lowest BCUT2D eigenvalue weighted by Gasteiger charge is -2.19. The molecule has 0 N–H and O–H groups in total. The molecule has 0 aliphatic carbocycles. The summed E-state index contributed by atoms with van der Waals surface area (Å²) < 4.78 is 184. The van der Waals surface area contributed by atoms with E-state index in [0.29, 0.717) is 126 Å². The molecule has 0 fully saturated rings. The van der Waals surface area contributed by atoms with Crippen molar-refractivity contribution in [1.29, 1.82) is 0 Å². The van der Waals surface area contributed by atoms with Gasteiger partial charge in [0, 0.05) is 91.2 Å². The molecule has 0 amide bonds. The molecule has 132 heavy (non-hydrogen) atoms. The number of benzene rings is 11. The minimum atomic E-state index is -4.45. The van der Waals surface area contributed by atoms with Crippen molar-refractivity contribution in [3.05, 3.63) is 369 Å². The summed E-state index contributed by atoms with van der Waals surface area (Å²) >= 11 is 30.8. The SMILES string of the molecule is CC(=O)C(CC(C)C)c1cc(C(=O)c2cc(Cl)cc(Cl)c2)cc(-c2ccc(C(F)(F)F)cc2)c1.CC(=O)C(CC(C)C)c1cc(Cc2cc(Cl)cc(Cl)c2)cc(-c2ccc(C(F)(F)F)cc2)c1.CC(=O)C(CC(C)C)c1cc(Cc2ccc(F)cc2F)cc(-c2ccc(C(F)(F)F)cc2)c1.CC(=O)C(CC(C)C)c1cc(Cc2cnccc2Cl)cc(-c2ccc(C(F)(F)F)cc2)c1. The Hall–Kier alpha value is -10.6. The summed E-state index contributed by atoms with van der Waals surface area (Å²) in [4.78, 5) is 67.3. The van der Waals surface area contributed by atoms with Crippen LogP contribution >= 0.6 is 58.0 Å². The molecule has 12 aromatic rings. The Kier molecular flexibility index (Phi) is 36.5. The Bertz CT molecular complexity index is 6000. The second-order valence-corrected chi connectivity index (χ2v) is 36.9. The molecule has 11 aromatic carbocycles. The zero-order valence-corrected chi connectivity index (χ0v) is 78.1. The molecular formula is C107H98Cl5F14NO5. The van der Waals surface area contributed by atoms with Gasteiger partial charge in [0.25, 0.3) is 0 Å². The quantitative estimate of drug-likeness (QED) is 0.0358. The van der Waals surface area contributed by atoms with E-state index in [-0.39, 0.29) is 70.1 Å². The highest BCUT2D eigenvalue weighted by molar-refractivity contribution is 6.36. The van der Waals surface area contributed by atoms with Gasteiger partial charge in [0.15, 0.2) is 5.78 Å². The topological polar surface area (TPSA) is 98.2 Å². The summed E-state index contributed by atoms with van der Waals surface area (Å²) in [7, 11) is 0. The van der Waals surface area contributed by atoms with Crippen LogP contribution in [0.5, 0.6) is 0 Å². The number of pyridine rings is 1. The number of rotatable bonds is 28. The van der Waals surface area contributed by atoms with Crippen LogP contribution < -0.4 is 0 Å². The van der Waals surface area contributed by atoms with Crippen molar-refractivity contribution >= 4 is 86.9 Å². The van der Waals surface area contributed by atoms with Crippen LogP contribution in [0, 0.1) is 35.3 Å². The zero-order valence-electron chi connectivity index (χ0n) is 74.3. The second-order valence-electron chi connectivity index (χ2n) is 34.7. The third-order valence-electron chi connectivity index (χ3n) is 21.9. The fraction of sp³-hybridized carbons (Fsp3) is 0.290. The van der Waals surface area contributed by atoms with Crippen molar-refractivity contribution in [3.63, 3.8) is 0 Å². The number of aromatic nitrogens is 1. The Labute approximate surface area is 785 Å². The van der Waals surface area contributed by atoms with Gasteiger partial charge < -0.3 is 0 Å². The molecule has 0 saturated carbocycles. The maximum absolute atomic E-state index is 14.3. The van der Waals surface area contributed by atoms with Crippen molar-refractivity contribution in [2.24, 2.45) is 23.7 Å². The molecule has 0 bridgehead atoms. The summed E-state index contributed by atoms with van der Waals surface area (Å²) in [6.07, 6.45) is -10.6. The number of halogens is 19. The van der Waals surface area contributed by atoms with E-state index < -0.39 is 70.4 Å². The molecule has 0 aliphatic heterocycles. The fourth-order valence-electron chi connectivity index (χ4n) is 15.6. The Morgan fingerprint density at radius 1 is 0.295 bits per heavy atom. The fourth-order valence-corrected chi connectivity index (χ4v) is 16.9. The van der Waals surface area contributed by atoms with Gasteiger partial charge in [-0.15, -0.1) is 0 Å². The van der Waals surface area contributed by atoms with Gasteiger partial charge in [0.05, 0.1) is 22.3 Å². The van der Waals surface area contributed by atoms with Crippen LogP contribution in [0.3, 0.4) is 0 Å². The lowest BCUT2D eigenvalue weighted by Crippen LogP contribution is -2.13. The summed E-state index contributed by atoms with van der Waals surface area (Å²) in [5.41, 5.74) is 10.4. The van der Waals surface area contributed by atoms with E-state index in [0.717, 1.165) is 105 Å². The lowest BCUT2D eigenvalue weighted by molar-refractivity contribution is -0.138. The van der Waals surface area contributed by atoms with Crippen molar-refractivity contribution in [2.75, 3.05) is 0 Å². The molecule has 0 radical (unpaired) electrons. The van der Waals surface area contributed by atoms with Crippen LogP contribution in [0.15, 0.2) is 243 Å². The van der Waals surface area contributed by atoms with Crippen molar-refractivity contribution < 1.29 is 85.4 Å². The van der Waals surface area contributed by atoms with E-state index >= 15 is 0 Å². The number of ketones is 5. The molecule has 25 heteroatoms. The average Bonchev–Trinajstić information content (AvgIpc) is 0.799. The number of hydrogen-bond acceptors (Lipinski definition) is 6. The smallest absolute Gasteiger partial charge is 0.299 e. The summed E-state index contributed by atoms with van der Waals surface area (Å²) in [5.74, 6) is -2.00. The molecule has 12 rings (SSSR count). The average molecular weight is 1920 g/mol. The van der Waals surface area contributed by atoms with Gasteiger partial charge in [-0.25, -0.2) is 8.78 Å². The van der Waals surface area contributed by atoms with Gasteiger partial charge in [-0.3, -0.25) is 29.0 Å². The second kappa shape index (κ2) is 45.9. The summed E-state index contributed by atoms with van der Waals surface area (Å²) in [6, 6.07) is 56.7. The molecule has 1 heterocycles. The van der Waals surface area contributed by atoms with E-state index in [2.05, 4.69) is 32.7 Å². The number of hydrogen-bond donors (Lipinski definition) is 0. The van der Waals surface area contributed by atoms with E-state index in [4.69, 9.17) is 58.0 Å². The van der Waals surface area contributed by atoms with Gasteiger partial charge in [-0.05, 0) is 293 Å². The third kappa shape index (κ3) is 30.7. The van der Waals surface area contributed by atoms with Gasteiger partial charge in [-0.2, -0.15) is 52.7 Å². The van der Waals surface area contributed by atoms with E-state index in [1.54, 1.807) is 62.6 Å².